The van der Waals surface area contributed by atoms with Gasteiger partial charge in [0.25, 0.3) is 0 Å². The Labute approximate surface area is 97.5 Å². The van der Waals surface area contributed by atoms with Gasteiger partial charge in [-0.2, -0.15) is 0 Å². The van der Waals surface area contributed by atoms with Gasteiger partial charge in [-0.3, -0.25) is 4.79 Å². The normalized spacial score (nSPS) is 22.8. The van der Waals surface area contributed by atoms with Gasteiger partial charge < -0.3 is 15.2 Å². The molecule has 0 radical (unpaired) electrons. The van der Waals surface area contributed by atoms with Crippen LogP contribution in [-0.2, 0) is 14.3 Å². The van der Waals surface area contributed by atoms with Gasteiger partial charge in [-0.05, 0) is 38.5 Å². The molecule has 1 saturated heterocycles. The summed E-state index contributed by atoms with van der Waals surface area (Å²) in [4.78, 5) is 11.1. The minimum absolute atomic E-state index is 0.0936. The van der Waals surface area contributed by atoms with Crippen molar-refractivity contribution in [3.63, 3.8) is 0 Å². The molecule has 0 spiro atoms. The second-order valence-corrected chi connectivity index (χ2v) is 4.42. The standard InChI is InChI=1S/C12H23NO3/c1-2-16-12(14)6-5-11(13)8-10-4-3-7-15-9-10/h10-11H,2-9,13H2,1H3. The monoisotopic (exact) mass is 229 g/mol. The average molecular weight is 229 g/mol. The second kappa shape index (κ2) is 7.63. The van der Waals surface area contributed by atoms with Crippen LogP contribution in [0.15, 0.2) is 0 Å². The fraction of sp³-hybridized carbons (Fsp3) is 0.917. The molecule has 0 aromatic heterocycles. The summed E-state index contributed by atoms with van der Waals surface area (Å²) in [6, 6.07) is 0.0936. The molecule has 0 aromatic carbocycles. The van der Waals surface area contributed by atoms with Crippen LogP contribution in [0, 0.1) is 5.92 Å². The lowest BCUT2D eigenvalue weighted by molar-refractivity contribution is -0.143. The molecule has 1 rings (SSSR count). The summed E-state index contributed by atoms with van der Waals surface area (Å²) < 4.78 is 10.3. The SMILES string of the molecule is CCOC(=O)CCC(N)CC1CCCOC1. The Morgan fingerprint density at radius 1 is 1.62 bits per heavy atom. The van der Waals surface area contributed by atoms with Gasteiger partial charge in [-0.1, -0.05) is 0 Å². The van der Waals surface area contributed by atoms with E-state index in [1.807, 2.05) is 6.92 Å². The van der Waals surface area contributed by atoms with Crippen LogP contribution in [0.25, 0.3) is 0 Å². The topological polar surface area (TPSA) is 61.5 Å². The molecule has 16 heavy (non-hydrogen) atoms. The number of esters is 1. The van der Waals surface area contributed by atoms with E-state index >= 15 is 0 Å². The number of hydrogen-bond acceptors (Lipinski definition) is 4. The highest BCUT2D eigenvalue weighted by Gasteiger charge is 2.17. The Balaban J connectivity index is 2.09. The van der Waals surface area contributed by atoms with Gasteiger partial charge in [-0.25, -0.2) is 0 Å². The van der Waals surface area contributed by atoms with E-state index in [2.05, 4.69) is 0 Å². The maximum absolute atomic E-state index is 11.1. The predicted molar refractivity (Wildman–Crippen MR) is 62.0 cm³/mol. The number of nitrogens with two attached hydrogens (primary N) is 1. The zero-order chi connectivity index (χ0) is 11.8. The minimum atomic E-state index is -0.141. The number of ether oxygens (including phenoxy) is 2. The summed E-state index contributed by atoms with van der Waals surface area (Å²) in [5, 5.41) is 0. The van der Waals surface area contributed by atoms with E-state index in [0.717, 1.165) is 32.5 Å². The summed E-state index contributed by atoms with van der Waals surface area (Å²) in [6.07, 6.45) is 4.44. The van der Waals surface area contributed by atoms with E-state index < -0.39 is 0 Å². The quantitative estimate of drug-likeness (QED) is 0.701. The first-order valence-electron chi connectivity index (χ1n) is 6.21. The third-order valence-corrected chi connectivity index (χ3v) is 2.92. The Morgan fingerprint density at radius 3 is 3.06 bits per heavy atom. The Bertz CT molecular complexity index is 202. The zero-order valence-electron chi connectivity index (χ0n) is 10.1. The van der Waals surface area contributed by atoms with E-state index in [9.17, 15) is 4.79 Å². The van der Waals surface area contributed by atoms with Crippen LogP contribution >= 0.6 is 0 Å². The summed E-state index contributed by atoms with van der Waals surface area (Å²) in [5.41, 5.74) is 5.99. The average Bonchev–Trinajstić information content (AvgIpc) is 2.28. The van der Waals surface area contributed by atoms with Gasteiger partial charge >= 0.3 is 5.97 Å². The van der Waals surface area contributed by atoms with Gasteiger partial charge in [0.1, 0.15) is 0 Å². The fourth-order valence-electron chi connectivity index (χ4n) is 2.08. The maximum atomic E-state index is 11.1. The first-order chi connectivity index (χ1) is 7.72. The highest BCUT2D eigenvalue weighted by atomic mass is 16.5. The number of carbonyl (C=O) groups excluding carboxylic acids is 1. The highest BCUT2D eigenvalue weighted by Crippen LogP contribution is 2.19. The fourth-order valence-corrected chi connectivity index (χ4v) is 2.08. The Kier molecular flexibility index (Phi) is 6.42. The molecular weight excluding hydrogens is 206 g/mol. The van der Waals surface area contributed by atoms with Crippen molar-refractivity contribution in [3.05, 3.63) is 0 Å². The van der Waals surface area contributed by atoms with Gasteiger partial charge in [0.15, 0.2) is 0 Å². The summed E-state index contributed by atoms with van der Waals surface area (Å²) in [7, 11) is 0. The van der Waals surface area contributed by atoms with E-state index in [1.165, 1.54) is 6.42 Å². The van der Waals surface area contributed by atoms with Crippen LogP contribution in [0.2, 0.25) is 0 Å². The molecule has 2 atom stereocenters. The molecule has 1 heterocycles. The predicted octanol–water partition coefficient (Wildman–Crippen LogP) is 1.47. The molecule has 4 nitrogen and oxygen atoms in total. The smallest absolute Gasteiger partial charge is 0.305 e. The molecule has 0 saturated carbocycles. The summed E-state index contributed by atoms with van der Waals surface area (Å²) in [6.45, 7) is 3.98. The van der Waals surface area contributed by atoms with E-state index in [1.54, 1.807) is 0 Å². The first-order valence-corrected chi connectivity index (χ1v) is 6.21. The van der Waals surface area contributed by atoms with Crippen molar-refractivity contribution in [1.82, 2.24) is 0 Å². The molecular formula is C12H23NO3. The number of hydrogen-bond donors (Lipinski definition) is 1. The molecule has 94 valence electrons. The molecule has 1 aliphatic heterocycles. The van der Waals surface area contributed by atoms with Crippen molar-refractivity contribution in [2.75, 3.05) is 19.8 Å². The van der Waals surface area contributed by atoms with Crippen molar-refractivity contribution >= 4 is 5.97 Å². The molecule has 0 aliphatic carbocycles. The molecule has 0 bridgehead atoms. The van der Waals surface area contributed by atoms with Crippen molar-refractivity contribution in [2.24, 2.45) is 11.7 Å². The van der Waals surface area contributed by atoms with Crippen molar-refractivity contribution < 1.29 is 14.3 Å². The van der Waals surface area contributed by atoms with Crippen molar-refractivity contribution in [1.29, 1.82) is 0 Å². The summed E-state index contributed by atoms with van der Waals surface area (Å²) in [5.74, 6) is 0.434. The summed E-state index contributed by atoms with van der Waals surface area (Å²) >= 11 is 0. The zero-order valence-corrected chi connectivity index (χ0v) is 10.1. The Hall–Kier alpha value is -0.610. The maximum Gasteiger partial charge on any atom is 0.305 e. The van der Waals surface area contributed by atoms with Crippen LogP contribution in [-0.4, -0.2) is 31.8 Å². The lowest BCUT2D eigenvalue weighted by Crippen LogP contribution is -2.28. The van der Waals surface area contributed by atoms with Crippen LogP contribution in [0.4, 0.5) is 0 Å². The molecule has 2 N–H and O–H groups in total. The Morgan fingerprint density at radius 2 is 2.44 bits per heavy atom. The van der Waals surface area contributed by atoms with E-state index in [0.29, 0.717) is 18.9 Å². The third-order valence-electron chi connectivity index (χ3n) is 2.92. The van der Waals surface area contributed by atoms with Crippen LogP contribution in [0.5, 0.6) is 0 Å². The highest BCUT2D eigenvalue weighted by molar-refractivity contribution is 5.69. The second-order valence-electron chi connectivity index (χ2n) is 4.42. The van der Waals surface area contributed by atoms with Gasteiger partial charge in [0.2, 0.25) is 0 Å². The van der Waals surface area contributed by atoms with Crippen molar-refractivity contribution in [2.45, 2.75) is 45.1 Å². The van der Waals surface area contributed by atoms with Crippen LogP contribution in [0.3, 0.4) is 0 Å². The van der Waals surface area contributed by atoms with Crippen LogP contribution in [0.1, 0.15) is 39.0 Å². The lowest BCUT2D eigenvalue weighted by Gasteiger charge is -2.24. The number of rotatable bonds is 6. The number of carbonyl (C=O) groups is 1. The lowest BCUT2D eigenvalue weighted by atomic mass is 9.93. The van der Waals surface area contributed by atoms with Gasteiger partial charge in [0.05, 0.1) is 6.61 Å². The molecule has 2 unspecified atom stereocenters. The third kappa shape index (κ3) is 5.47. The minimum Gasteiger partial charge on any atom is -0.466 e. The van der Waals surface area contributed by atoms with E-state index in [4.69, 9.17) is 15.2 Å². The molecule has 0 aromatic rings. The van der Waals surface area contributed by atoms with Gasteiger partial charge in [-0.15, -0.1) is 0 Å². The first kappa shape index (κ1) is 13.5. The van der Waals surface area contributed by atoms with E-state index in [-0.39, 0.29) is 12.0 Å². The largest absolute Gasteiger partial charge is 0.466 e. The molecule has 1 aliphatic rings. The molecule has 1 fully saturated rings. The van der Waals surface area contributed by atoms with Crippen LogP contribution < -0.4 is 5.73 Å². The molecule has 4 heteroatoms. The molecule has 0 amide bonds. The van der Waals surface area contributed by atoms with Crippen molar-refractivity contribution in [3.8, 4) is 0 Å². The van der Waals surface area contributed by atoms with Gasteiger partial charge in [0, 0.05) is 25.7 Å².